The van der Waals surface area contributed by atoms with Crippen LogP contribution in [-0.2, 0) is 32.7 Å². The van der Waals surface area contributed by atoms with Crippen LogP contribution in [0.25, 0.3) is 0 Å². The Kier molecular flexibility index (Phi) is 31.5. The molecule has 2 unspecified atom stereocenters. The molecule has 0 amide bonds. The lowest BCUT2D eigenvalue weighted by molar-refractivity contribution is -0.870. The van der Waals surface area contributed by atoms with Gasteiger partial charge in [-0.1, -0.05) is 107 Å². The first kappa shape index (κ1) is 48.0. The maximum Gasteiger partial charge on any atom is 0.472 e. The van der Waals surface area contributed by atoms with Crippen molar-refractivity contribution in [1.82, 2.24) is 0 Å². The molecule has 0 rings (SSSR count). The average molecular weight is 727 g/mol. The molecule has 10 heteroatoms. The highest BCUT2D eigenvalue weighted by Crippen LogP contribution is 2.43. The van der Waals surface area contributed by atoms with Gasteiger partial charge in [0.2, 0.25) is 0 Å². The molecule has 0 heterocycles. The van der Waals surface area contributed by atoms with Gasteiger partial charge in [-0.3, -0.25) is 18.6 Å². The van der Waals surface area contributed by atoms with Crippen molar-refractivity contribution >= 4 is 19.8 Å². The van der Waals surface area contributed by atoms with Crippen molar-refractivity contribution in [2.75, 3.05) is 47.5 Å². The van der Waals surface area contributed by atoms with Gasteiger partial charge in [-0.15, -0.1) is 0 Å². The van der Waals surface area contributed by atoms with Gasteiger partial charge in [-0.05, 0) is 70.6 Å². The summed E-state index contributed by atoms with van der Waals surface area (Å²) in [5, 5.41) is 0. The van der Waals surface area contributed by atoms with E-state index in [2.05, 4.69) is 62.5 Å². The summed E-state index contributed by atoms with van der Waals surface area (Å²) >= 11 is 0. The molecule has 0 saturated carbocycles. The van der Waals surface area contributed by atoms with Crippen molar-refractivity contribution in [3.63, 3.8) is 0 Å². The summed E-state index contributed by atoms with van der Waals surface area (Å²) in [5.74, 6) is -0.849. The van der Waals surface area contributed by atoms with Crippen molar-refractivity contribution in [3.05, 3.63) is 48.6 Å². The van der Waals surface area contributed by atoms with E-state index in [1.807, 2.05) is 21.1 Å². The average Bonchev–Trinajstić information content (AvgIpc) is 3.06. The van der Waals surface area contributed by atoms with Gasteiger partial charge in [0.05, 0.1) is 27.7 Å². The van der Waals surface area contributed by atoms with Crippen LogP contribution in [0.15, 0.2) is 48.6 Å². The number of hydrogen-bond acceptors (Lipinski definition) is 7. The van der Waals surface area contributed by atoms with Gasteiger partial charge in [0.1, 0.15) is 19.8 Å². The fourth-order valence-corrected chi connectivity index (χ4v) is 5.53. The van der Waals surface area contributed by atoms with Crippen LogP contribution in [0.2, 0.25) is 0 Å². The summed E-state index contributed by atoms with van der Waals surface area (Å²) in [6.45, 7) is 4.22. The number of carbonyl (C=O) groups is 2. The van der Waals surface area contributed by atoms with Gasteiger partial charge in [0.15, 0.2) is 6.10 Å². The third-order valence-electron chi connectivity index (χ3n) is 7.84. The fraction of sp³-hybridized carbons (Fsp3) is 0.750. The molecule has 0 aromatic heterocycles. The van der Waals surface area contributed by atoms with Gasteiger partial charge >= 0.3 is 19.8 Å². The Morgan fingerprint density at radius 1 is 0.640 bits per heavy atom. The van der Waals surface area contributed by atoms with Crippen molar-refractivity contribution in [1.29, 1.82) is 0 Å². The summed E-state index contributed by atoms with van der Waals surface area (Å²) in [7, 11) is 1.44. The predicted octanol–water partition coefficient (Wildman–Crippen LogP) is 10.3. The van der Waals surface area contributed by atoms with Crippen LogP contribution in [0, 0.1) is 0 Å². The molecule has 0 radical (unpaired) electrons. The number of carbonyl (C=O) groups excluding carboxylic acids is 2. The van der Waals surface area contributed by atoms with E-state index < -0.39 is 26.5 Å². The van der Waals surface area contributed by atoms with E-state index in [1.54, 1.807) is 0 Å². The van der Waals surface area contributed by atoms with Crippen molar-refractivity contribution in [2.24, 2.45) is 0 Å². The van der Waals surface area contributed by atoms with E-state index in [1.165, 1.54) is 32.1 Å². The summed E-state index contributed by atoms with van der Waals surface area (Å²) in [6.07, 6.45) is 35.9. The van der Waals surface area contributed by atoms with Crippen LogP contribution in [0.5, 0.6) is 0 Å². The first-order valence-corrected chi connectivity index (χ1v) is 20.9. The zero-order valence-corrected chi connectivity index (χ0v) is 33.3. The highest BCUT2D eigenvalue weighted by Gasteiger charge is 2.27. The minimum atomic E-state index is -4.38. The maximum absolute atomic E-state index is 12.6. The number of phosphoric ester groups is 1. The number of likely N-dealkylation sites (N-methyl/N-ethyl adjacent to an activating group) is 1. The van der Waals surface area contributed by atoms with Crippen molar-refractivity contribution < 1.29 is 42.1 Å². The number of esters is 2. The molecule has 0 aliphatic heterocycles. The zero-order chi connectivity index (χ0) is 37.2. The molecule has 0 aliphatic rings. The lowest BCUT2D eigenvalue weighted by Crippen LogP contribution is -2.37. The molecule has 0 fully saturated rings. The summed E-state index contributed by atoms with van der Waals surface area (Å²) < 4.78 is 34.1. The number of allylic oxidation sites excluding steroid dienone is 8. The normalized spacial score (nSPS) is 14.3. The van der Waals surface area contributed by atoms with E-state index in [4.69, 9.17) is 18.5 Å². The third-order valence-corrected chi connectivity index (χ3v) is 8.83. The molecule has 0 aromatic rings. The molecule has 50 heavy (non-hydrogen) atoms. The molecule has 9 nitrogen and oxygen atoms in total. The summed E-state index contributed by atoms with van der Waals surface area (Å²) in [6, 6.07) is 0. The molecule has 290 valence electrons. The van der Waals surface area contributed by atoms with Crippen LogP contribution in [0.4, 0.5) is 0 Å². The number of phosphoric acid groups is 1. The molecule has 0 bridgehead atoms. The monoisotopic (exact) mass is 727 g/mol. The quantitative estimate of drug-likeness (QED) is 0.0230. The topological polar surface area (TPSA) is 108 Å². The van der Waals surface area contributed by atoms with E-state index in [-0.39, 0.29) is 32.0 Å². The largest absolute Gasteiger partial charge is 0.472 e. The highest BCUT2D eigenvalue weighted by molar-refractivity contribution is 7.47. The number of unbranched alkanes of at least 4 members (excludes halogenated alkanes) is 12. The van der Waals surface area contributed by atoms with Gasteiger partial charge in [0, 0.05) is 12.8 Å². The standard InChI is InChI=1S/C40H72NO8P/c1-6-8-10-12-14-16-18-20-22-24-26-28-30-32-39(42)46-36-38(37-48-50(44,45)47-35-34-41(3,4)5)49-40(43)33-31-29-27-25-23-21-19-17-15-13-11-9-7-2/h9,11,15-18,21,23,38H,6-8,10,12-14,19-20,22,24-37H2,1-5H3/p+1/b11-9-,17-15-,18-16-,23-21-. The van der Waals surface area contributed by atoms with Crippen LogP contribution < -0.4 is 0 Å². The van der Waals surface area contributed by atoms with E-state index >= 15 is 0 Å². The Morgan fingerprint density at radius 2 is 1.14 bits per heavy atom. The number of hydrogen-bond donors (Lipinski definition) is 1. The summed E-state index contributed by atoms with van der Waals surface area (Å²) in [4.78, 5) is 35.2. The fourth-order valence-electron chi connectivity index (χ4n) is 4.79. The molecule has 1 N–H and O–H groups in total. The van der Waals surface area contributed by atoms with E-state index in [0.717, 1.165) is 77.0 Å². The lowest BCUT2D eigenvalue weighted by atomic mass is 10.1. The lowest BCUT2D eigenvalue weighted by Gasteiger charge is -2.24. The van der Waals surface area contributed by atoms with Crippen molar-refractivity contribution in [3.8, 4) is 0 Å². The number of ether oxygens (including phenoxy) is 2. The maximum atomic E-state index is 12.6. The molecule has 0 spiro atoms. The van der Waals surface area contributed by atoms with Gasteiger partial charge in [0.25, 0.3) is 0 Å². The Labute approximate surface area is 305 Å². The molecular weight excluding hydrogens is 653 g/mol. The minimum absolute atomic E-state index is 0.0229. The van der Waals surface area contributed by atoms with Gasteiger partial charge in [-0.2, -0.15) is 0 Å². The predicted molar refractivity (Wildman–Crippen MR) is 206 cm³/mol. The first-order chi connectivity index (χ1) is 24.0. The number of rotatable bonds is 34. The zero-order valence-electron chi connectivity index (χ0n) is 32.4. The van der Waals surface area contributed by atoms with Crippen LogP contribution in [0.3, 0.4) is 0 Å². The molecule has 0 saturated heterocycles. The van der Waals surface area contributed by atoms with Crippen LogP contribution in [-0.4, -0.2) is 74.9 Å². The smallest absolute Gasteiger partial charge is 0.462 e. The second-order valence-corrected chi connectivity index (χ2v) is 15.4. The second-order valence-electron chi connectivity index (χ2n) is 13.9. The molecule has 0 aromatic carbocycles. The van der Waals surface area contributed by atoms with E-state index in [9.17, 15) is 19.0 Å². The number of quaternary nitrogens is 1. The minimum Gasteiger partial charge on any atom is -0.462 e. The SMILES string of the molecule is CC/C=C\C/C=C\C/C=C\CCCCCC(=O)OC(COC(=O)CCCCCCC/C=C\CCCCCC)COP(=O)(O)OCC[N+](C)(C)C. The molecule has 2 atom stereocenters. The molecular formula is C40H73NO8P+. The van der Waals surface area contributed by atoms with Gasteiger partial charge < -0.3 is 18.9 Å². The Bertz CT molecular complexity index is 1000. The van der Waals surface area contributed by atoms with Crippen LogP contribution >= 0.6 is 7.82 Å². The second kappa shape index (κ2) is 32.8. The summed E-state index contributed by atoms with van der Waals surface area (Å²) in [5.41, 5.74) is 0. The molecule has 0 aliphatic carbocycles. The highest BCUT2D eigenvalue weighted by atomic mass is 31.2. The Hall–Kier alpha value is -2.03. The third kappa shape index (κ3) is 35.8. The Balaban J connectivity index is 4.51. The number of nitrogens with zero attached hydrogens (tertiary/aromatic N) is 1. The van der Waals surface area contributed by atoms with Crippen LogP contribution in [0.1, 0.15) is 142 Å². The van der Waals surface area contributed by atoms with E-state index in [0.29, 0.717) is 17.4 Å². The van der Waals surface area contributed by atoms with Crippen molar-refractivity contribution in [2.45, 2.75) is 148 Å². The Morgan fingerprint density at radius 3 is 1.74 bits per heavy atom. The first-order valence-electron chi connectivity index (χ1n) is 19.4. The van der Waals surface area contributed by atoms with Gasteiger partial charge in [-0.25, -0.2) is 4.57 Å².